The monoisotopic (exact) mass is 261 g/mol. The average Bonchev–Trinajstić information content (AvgIpc) is 2.33. The maximum absolute atomic E-state index is 13.7. The van der Waals surface area contributed by atoms with Crippen LogP contribution in [0.4, 0.5) is 10.2 Å². The minimum atomic E-state index is -0.519. The second-order valence-corrected chi connectivity index (χ2v) is 4.04. The van der Waals surface area contributed by atoms with Crippen LogP contribution in [-0.2, 0) is 0 Å². The van der Waals surface area contributed by atoms with Gasteiger partial charge in [-0.05, 0) is 24.4 Å². The maximum atomic E-state index is 13.7. The Labute approximate surface area is 105 Å². The molecule has 1 heterocycles. The molecule has 0 spiro atoms. The van der Waals surface area contributed by atoms with Crippen molar-refractivity contribution in [3.63, 3.8) is 0 Å². The average molecular weight is 262 g/mol. The van der Waals surface area contributed by atoms with Gasteiger partial charge < -0.3 is 10.0 Å². The Morgan fingerprint density at radius 3 is 2.65 bits per heavy atom. The lowest BCUT2D eigenvalue weighted by molar-refractivity contribution is 0.294. The van der Waals surface area contributed by atoms with E-state index in [0.717, 1.165) is 19.0 Å². The molecule has 1 N–H and O–H groups in total. The highest BCUT2D eigenvalue weighted by Gasteiger charge is 2.20. The molecule has 96 valence electrons. The van der Waals surface area contributed by atoms with Crippen molar-refractivity contribution in [2.24, 2.45) is 0 Å². The topological polar surface area (TPSA) is 49.2 Å². The molecule has 0 radical (unpaired) electrons. The molecule has 0 atom stereocenters. The van der Waals surface area contributed by atoms with Crippen LogP contribution in [0.2, 0.25) is 5.28 Å². The zero-order valence-electron chi connectivity index (χ0n) is 10.0. The van der Waals surface area contributed by atoms with Crippen LogP contribution in [0.1, 0.15) is 26.7 Å². The minimum absolute atomic E-state index is 0.00953. The molecule has 1 rings (SSSR count). The fourth-order valence-electron chi connectivity index (χ4n) is 1.84. The number of hydrogen-bond acceptors (Lipinski definition) is 4. The number of nitrogens with zero attached hydrogens (tertiary/aromatic N) is 3. The molecule has 17 heavy (non-hydrogen) atoms. The van der Waals surface area contributed by atoms with E-state index >= 15 is 0 Å². The number of aromatic nitrogens is 2. The molecule has 6 heteroatoms. The van der Waals surface area contributed by atoms with Crippen molar-refractivity contribution in [1.29, 1.82) is 0 Å². The molecular formula is C11H17ClFN3O. The summed E-state index contributed by atoms with van der Waals surface area (Å²) in [4.78, 5) is 9.22. The van der Waals surface area contributed by atoms with Crippen LogP contribution in [0.5, 0.6) is 0 Å². The van der Waals surface area contributed by atoms with Gasteiger partial charge in [-0.2, -0.15) is 4.98 Å². The third-order valence-electron chi connectivity index (χ3n) is 2.69. The lowest BCUT2D eigenvalue weighted by Crippen LogP contribution is -2.38. The Hall–Kier alpha value is -0.940. The van der Waals surface area contributed by atoms with E-state index in [4.69, 9.17) is 16.7 Å². The molecule has 0 aliphatic heterocycles. The first kappa shape index (κ1) is 14.1. The van der Waals surface area contributed by atoms with Gasteiger partial charge in [0.1, 0.15) is 0 Å². The Morgan fingerprint density at radius 2 is 2.12 bits per heavy atom. The molecular weight excluding hydrogens is 245 g/mol. The Bertz CT molecular complexity index is 361. The SMILES string of the molecule is CCC(CC)N(CCO)c1nc(Cl)ncc1F. The lowest BCUT2D eigenvalue weighted by Gasteiger charge is -2.31. The number of halogens is 2. The molecule has 0 saturated carbocycles. The summed E-state index contributed by atoms with van der Waals surface area (Å²) >= 11 is 5.67. The van der Waals surface area contributed by atoms with Crippen molar-refractivity contribution in [2.75, 3.05) is 18.1 Å². The summed E-state index contributed by atoms with van der Waals surface area (Å²) in [6.07, 6.45) is 2.74. The van der Waals surface area contributed by atoms with Gasteiger partial charge in [-0.3, -0.25) is 0 Å². The number of aliphatic hydroxyl groups is 1. The standard InChI is InChI=1S/C11H17ClFN3O/c1-3-8(4-2)16(5-6-17)10-9(13)7-14-11(12)15-10/h7-8,17H,3-6H2,1-2H3. The predicted molar refractivity (Wildman–Crippen MR) is 65.8 cm³/mol. The van der Waals surface area contributed by atoms with Gasteiger partial charge in [-0.25, -0.2) is 9.37 Å². The zero-order valence-corrected chi connectivity index (χ0v) is 10.8. The summed E-state index contributed by atoms with van der Waals surface area (Å²) in [5, 5.41) is 9.07. The maximum Gasteiger partial charge on any atom is 0.224 e. The molecule has 0 aliphatic carbocycles. The molecule has 1 aromatic heterocycles. The van der Waals surface area contributed by atoms with Crippen molar-refractivity contribution in [3.05, 3.63) is 17.3 Å². The Balaban J connectivity index is 3.07. The third kappa shape index (κ3) is 3.51. The summed E-state index contributed by atoms with van der Waals surface area (Å²) in [5.74, 6) is -0.359. The quantitative estimate of drug-likeness (QED) is 0.798. The first-order chi connectivity index (χ1) is 8.13. The van der Waals surface area contributed by atoms with Crippen molar-refractivity contribution >= 4 is 17.4 Å². The molecule has 4 nitrogen and oxygen atoms in total. The van der Waals surface area contributed by atoms with Crippen LogP contribution < -0.4 is 4.90 Å². The van der Waals surface area contributed by atoms with Crippen LogP contribution in [0, 0.1) is 5.82 Å². The summed E-state index contributed by atoms with van der Waals surface area (Å²) in [7, 11) is 0. The number of rotatable bonds is 6. The van der Waals surface area contributed by atoms with E-state index in [-0.39, 0.29) is 23.8 Å². The van der Waals surface area contributed by atoms with Crippen molar-refractivity contribution in [3.8, 4) is 0 Å². The molecule has 0 saturated heterocycles. The first-order valence-electron chi connectivity index (χ1n) is 5.69. The number of aliphatic hydroxyl groups excluding tert-OH is 1. The van der Waals surface area contributed by atoms with Crippen molar-refractivity contribution in [1.82, 2.24) is 9.97 Å². The number of hydrogen-bond donors (Lipinski definition) is 1. The number of anilines is 1. The van der Waals surface area contributed by atoms with Crippen molar-refractivity contribution < 1.29 is 9.50 Å². The minimum Gasteiger partial charge on any atom is -0.395 e. The largest absolute Gasteiger partial charge is 0.395 e. The van der Waals surface area contributed by atoms with Gasteiger partial charge in [0.05, 0.1) is 12.8 Å². The van der Waals surface area contributed by atoms with Gasteiger partial charge in [0.15, 0.2) is 11.6 Å². The van der Waals surface area contributed by atoms with E-state index in [1.54, 1.807) is 4.90 Å². The second kappa shape index (κ2) is 6.71. The first-order valence-corrected chi connectivity index (χ1v) is 6.07. The summed E-state index contributed by atoms with van der Waals surface area (Å²) in [5.41, 5.74) is 0. The molecule has 0 fully saturated rings. The van der Waals surface area contributed by atoms with Crippen LogP contribution in [0.3, 0.4) is 0 Å². The van der Waals surface area contributed by atoms with Crippen LogP contribution in [0.15, 0.2) is 6.20 Å². The fourth-order valence-corrected chi connectivity index (χ4v) is 1.97. The molecule has 0 aliphatic rings. The fraction of sp³-hybridized carbons (Fsp3) is 0.636. The van der Waals surface area contributed by atoms with E-state index in [2.05, 4.69) is 9.97 Å². The summed E-state index contributed by atoms with van der Waals surface area (Å²) < 4.78 is 13.7. The molecule has 0 bridgehead atoms. The van der Waals surface area contributed by atoms with E-state index in [9.17, 15) is 4.39 Å². The second-order valence-electron chi connectivity index (χ2n) is 3.70. The molecule has 0 unspecified atom stereocenters. The van der Waals surface area contributed by atoms with Gasteiger partial charge in [-0.15, -0.1) is 0 Å². The van der Waals surface area contributed by atoms with Gasteiger partial charge in [-0.1, -0.05) is 13.8 Å². The molecule has 1 aromatic rings. The summed E-state index contributed by atoms with van der Waals surface area (Å²) in [6.45, 7) is 4.30. The van der Waals surface area contributed by atoms with E-state index in [1.807, 2.05) is 13.8 Å². The lowest BCUT2D eigenvalue weighted by atomic mass is 10.1. The van der Waals surface area contributed by atoms with Gasteiger partial charge in [0, 0.05) is 12.6 Å². The highest BCUT2D eigenvalue weighted by Crippen LogP contribution is 2.22. The van der Waals surface area contributed by atoms with Gasteiger partial charge in [0.25, 0.3) is 0 Å². The normalized spacial score (nSPS) is 10.9. The Morgan fingerprint density at radius 1 is 1.47 bits per heavy atom. The highest BCUT2D eigenvalue weighted by molar-refractivity contribution is 6.28. The predicted octanol–water partition coefficient (Wildman–Crippen LogP) is 2.26. The van der Waals surface area contributed by atoms with Crippen LogP contribution in [-0.4, -0.2) is 34.3 Å². The Kier molecular flexibility index (Phi) is 5.58. The van der Waals surface area contributed by atoms with Crippen LogP contribution in [0.25, 0.3) is 0 Å². The zero-order chi connectivity index (χ0) is 12.8. The van der Waals surface area contributed by atoms with E-state index < -0.39 is 5.82 Å². The van der Waals surface area contributed by atoms with Crippen LogP contribution >= 0.6 is 11.6 Å². The molecule has 0 amide bonds. The van der Waals surface area contributed by atoms with Crippen molar-refractivity contribution in [2.45, 2.75) is 32.7 Å². The van der Waals surface area contributed by atoms with E-state index in [1.165, 1.54) is 0 Å². The molecule has 0 aromatic carbocycles. The van der Waals surface area contributed by atoms with Gasteiger partial charge >= 0.3 is 0 Å². The van der Waals surface area contributed by atoms with Gasteiger partial charge in [0.2, 0.25) is 5.28 Å². The third-order valence-corrected chi connectivity index (χ3v) is 2.87. The highest BCUT2D eigenvalue weighted by atomic mass is 35.5. The smallest absolute Gasteiger partial charge is 0.224 e. The summed E-state index contributed by atoms with van der Waals surface area (Å²) in [6, 6.07) is 0.127. The van der Waals surface area contributed by atoms with E-state index in [0.29, 0.717) is 6.54 Å².